The van der Waals surface area contributed by atoms with Gasteiger partial charge >= 0.3 is 0 Å². The number of hydrogen-bond acceptors (Lipinski definition) is 1. The lowest BCUT2D eigenvalue weighted by Crippen LogP contribution is -2.18. The molecule has 1 aliphatic rings. The molecule has 0 aromatic heterocycles. The van der Waals surface area contributed by atoms with Gasteiger partial charge in [-0.1, -0.05) is 48.5 Å². The van der Waals surface area contributed by atoms with Crippen molar-refractivity contribution >= 4 is 23.2 Å². The molecule has 0 spiro atoms. The molecule has 0 unspecified atom stereocenters. The summed E-state index contributed by atoms with van der Waals surface area (Å²) in [6.45, 7) is 0.716. The molecule has 0 heterocycles. The number of benzene rings is 1. The van der Waals surface area contributed by atoms with Gasteiger partial charge in [0, 0.05) is 10.0 Å². The first-order valence-electron chi connectivity index (χ1n) is 6.32. The molecule has 0 N–H and O–H groups in total. The summed E-state index contributed by atoms with van der Waals surface area (Å²) in [6, 6.07) is 5.63. The lowest BCUT2D eigenvalue weighted by Gasteiger charge is -2.22. The average Bonchev–Trinajstić information content (AvgIpc) is 2.34. The van der Waals surface area contributed by atoms with Gasteiger partial charge in [0.25, 0.3) is 0 Å². The van der Waals surface area contributed by atoms with Gasteiger partial charge in [0.05, 0.1) is 12.7 Å². The van der Waals surface area contributed by atoms with E-state index in [1.807, 2.05) is 18.2 Å². The largest absolute Gasteiger partial charge is 0.378 e. The molecule has 0 bridgehead atoms. The highest BCUT2D eigenvalue weighted by Crippen LogP contribution is 2.25. The van der Waals surface area contributed by atoms with E-state index < -0.39 is 0 Å². The Hall–Kier alpha value is -0.240. The summed E-state index contributed by atoms with van der Waals surface area (Å²) in [4.78, 5) is 0. The van der Waals surface area contributed by atoms with E-state index in [2.05, 4.69) is 0 Å². The Morgan fingerprint density at radius 2 is 1.71 bits per heavy atom. The lowest BCUT2D eigenvalue weighted by atomic mass is 9.98. The molecular weight excluding hydrogens is 255 g/mol. The minimum Gasteiger partial charge on any atom is -0.378 e. The molecule has 0 saturated heterocycles. The number of halogens is 2. The topological polar surface area (TPSA) is 9.23 Å². The zero-order chi connectivity index (χ0) is 12.1. The standard InChI is InChI=1S/C14H18Cl2O/c15-13-7-4-8-14(16)12(13)9-10-17-11-5-2-1-3-6-11/h4,7-8,11H,1-3,5-6,9-10H2. The van der Waals surface area contributed by atoms with Crippen molar-refractivity contribution in [3.05, 3.63) is 33.8 Å². The number of hydrogen-bond donors (Lipinski definition) is 0. The van der Waals surface area contributed by atoms with Crippen LogP contribution in [0.2, 0.25) is 10.0 Å². The average molecular weight is 273 g/mol. The van der Waals surface area contributed by atoms with Crippen molar-refractivity contribution in [1.82, 2.24) is 0 Å². The second-order valence-electron chi connectivity index (χ2n) is 4.58. The van der Waals surface area contributed by atoms with Gasteiger partial charge in [0.2, 0.25) is 0 Å². The Morgan fingerprint density at radius 3 is 2.35 bits per heavy atom. The van der Waals surface area contributed by atoms with Crippen LogP contribution in [0.3, 0.4) is 0 Å². The molecule has 0 radical (unpaired) electrons. The molecular formula is C14H18Cl2O. The number of ether oxygens (including phenoxy) is 1. The molecule has 94 valence electrons. The van der Waals surface area contributed by atoms with Gasteiger partial charge in [-0.2, -0.15) is 0 Å². The second kappa shape index (κ2) is 6.63. The molecule has 1 fully saturated rings. The van der Waals surface area contributed by atoms with Crippen LogP contribution in [0.5, 0.6) is 0 Å². The predicted molar refractivity (Wildman–Crippen MR) is 73.0 cm³/mol. The third-order valence-electron chi connectivity index (χ3n) is 3.32. The molecule has 2 rings (SSSR count). The molecule has 0 amide bonds. The summed E-state index contributed by atoms with van der Waals surface area (Å²) in [5.74, 6) is 0. The summed E-state index contributed by atoms with van der Waals surface area (Å²) < 4.78 is 5.88. The monoisotopic (exact) mass is 272 g/mol. The molecule has 3 heteroatoms. The van der Waals surface area contributed by atoms with Crippen LogP contribution in [0, 0.1) is 0 Å². The summed E-state index contributed by atoms with van der Waals surface area (Å²) >= 11 is 12.2. The van der Waals surface area contributed by atoms with E-state index in [0.717, 1.165) is 22.0 Å². The van der Waals surface area contributed by atoms with Crippen LogP contribution in [0.25, 0.3) is 0 Å². The van der Waals surface area contributed by atoms with Crippen molar-refractivity contribution in [1.29, 1.82) is 0 Å². The first-order valence-corrected chi connectivity index (χ1v) is 7.07. The van der Waals surface area contributed by atoms with Crippen LogP contribution >= 0.6 is 23.2 Å². The zero-order valence-electron chi connectivity index (χ0n) is 9.92. The van der Waals surface area contributed by atoms with E-state index >= 15 is 0 Å². The van der Waals surface area contributed by atoms with Gasteiger partial charge < -0.3 is 4.74 Å². The maximum Gasteiger partial charge on any atom is 0.0575 e. The molecule has 1 nitrogen and oxygen atoms in total. The Balaban J connectivity index is 1.81. The quantitative estimate of drug-likeness (QED) is 0.759. The fourth-order valence-corrected chi connectivity index (χ4v) is 2.92. The lowest BCUT2D eigenvalue weighted by molar-refractivity contribution is 0.0303. The molecule has 17 heavy (non-hydrogen) atoms. The summed E-state index contributed by atoms with van der Waals surface area (Å²) in [6.07, 6.45) is 7.62. The van der Waals surface area contributed by atoms with Crippen molar-refractivity contribution in [3.8, 4) is 0 Å². The van der Waals surface area contributed by atoms with Gasteiger partial charge in [-0.25, -0.2) is 0 Å². The van der Waals surface area contributed by atoms with Crippen LogP contribution in [0.1, 0.15) is 37.7 Å². The zero-order valence-corrected chi connectivity index (χ0v) is 11.4. The first kappa shape index (κ1) is 13.2. The molecule has 1 aromatic carbocycles. The Labute approximate surface area is 113 Å². The van der Waals surface area contributed by atoms with Crippen molar-refractivity contribution in [2.45, 2.75) is 44.6 Å². The smallest absolute Gasteiger partial charge is 0.0575 e. The predicted octanol–water partition coefficient (Wildman–Crippen LogP) is 4.89. The maximum absolute atomic E-state index is 6.11. The van der Waals surface area contributed by atoms with Crippen LogP contribution in [-0.4, -0.2) is 12.7 Å². The Kier molecular flexibility index (Phi) is 5.15. The van der Waals surface area contributed by atoms with Gasteiger partial charge in [-0.3, -0.25) is 0 Å². The highest BCUT2D eigenvalue weighted by molar-refractivity contribution is 6.35. The summed E-state index contributed by atoms with van der Waals surface area (Å²) in [5.41, 5.74) is 1.01. The van der Waals surface area contributed by atoms with Crippen molar-refractivity contribution in [2.75, 3.05) is 6.61 Å². The molecule has 1 aliphatic carbocycles. The normalized spacial score (nSPS) is 17.3. The van der Waals surface area contributed by atoms with Gasteiger partial charge in [0.1, 0.15) is 0 Å². The van der Waals surface area contributed by atoms with E-state index in [0.29, 0.717) is 12.7 Å². The second-order valence-corrected chi connectivity index (χ2v) is 5.40. The fraction of sp³-hybridized carbons (Fsp3) is 0.571. The highest BCUT2D eigenvalue weighted by atomic mass is 35.5. The molecule has 0 aliphatic heterocycles. The van der Waals surface area contributed by atoms with Crippen molar-refractivity contribution < 1.29 is 4.74 Å². The Bertz CT molecular complexity index is 339. The third-order valence-corrected chi connectivity index (χ3v) is 4.03. The van der Waals surface area contributed by atoms with E-state index in [4.69, 9.17) is 27.9 Å². The van der Waals surface area contributed by atoms with E-state index in [1.54, 1.807) is 0 Å². The first-order chi connectivity index (χ1) is 8.27. The highest BCUT2D eigenvalue weighted by Gasteiger charge is 2.14. The molecule has 1 aromatic rings. The van der Waals surface area contributed by atoms with E-state index in [1.165, 1.54) is 32.1 Å². The fourth-order valence-electron chi connectivity index (χ4n) is 2.33. The van der Waals surface area contributed by atoms with E-state index in [-0.39, 0.29) is 0 Å². The Morgan fingerprint density at radius 1 is 1.06 bits per heavy atom. The third kappa shape index (κ3) is 3.87. The van der Waals surface area contributed by atoms with Crippen LogP contribution in [-0.2, 0) is 11.2 Å². The van der Waals surface area contributed by atoms with Gasteiger partial charge in [-0.05, 0) is 37.0 Å². The summed E-state index contributed by atoms with van der Waals surface area (Å²) in [7, 11) is 0. The number of rotatable bonds is 4. The molecule has 0 atom stereocenters. The molecule has 1 saturated carbocycles. The maximum atomic E-state index is 6.11. The van der Waals surface area contributed by atoms with Crippen LogP contribution in [0.4, 0.5) is 0 Å². The van der Waals surface area contributed by atoms with Crippen molar-refractivity contribution in [2.24, 2.45) is 0 Å². The van der Waals surface area contributed by atoms with E-state index in [9.17, 15) is 0 Å². The minimum absolute atomic E-state index is 0.449. The SMILES string of the molecule is Clc1cccc(Cl)c1CCOC1CCCCC1. The van der Waals surface area contributed by atoms with Crippen LogP contribution < -0.4 is 0 Å². The minimum atomic E-state index is 0.449. The van der Waals surface area contributed by atoms with Crippen LogP contribution in [0.15, 0.2) is 18.2 Å². The summed E-state index contributed by atoms with van der Waals surface area (Å²) in [5, 5.41) is 1.48. The van der Waals surface area contributed by atoms with Gasteiger partial charge in [0.15, 0.2) is 0 Å². The van der Waals surface area contributed by atoms with Crippen molar-refractivity contribution in [3.63, 3.8) is 0 Å². The van der Waals surface area contributed by atoms with Gasteiger partial charge in [-0.15, -0.1) is 0 Å².